The predicted octanol–water partition coefficient (Wildman–Crippen LogP) is 2.08. The lowest BCUT2D eigenvalue weighted by molar-refractivity contribution is -0.121. The van der Waals surface area contributed by atoms with E-state index < -0.39 is 11.9 Å². The molecule has 1 aliphatic heterocycles. The third-order valence-corrected chi connectivity index (χ3v) is 3.86. The fraction of sp³-hybridized carbons (Fsp3) is 0.167. The number of fused-ring (bicyclic) bond motifs is 1. The van der Waals surface area contributed by atoms with E-state index in [0.717, 1.165) is 0 Å². The van der Waals surface area contributed by atoms with Crippen molar-refractivity contribution >= 4 is 29.2 Å². The Labute approximate surface area is 144 Å². The van der Waals surface area contributed by atoms with Crippen LogP contribution in [-0.2, 0) is 9.53 Å². The number of carbonyl (C=O) groups is 3. The summed E-state index contributed by atoms with van der Waals surface area (Å²) in [7, 11) is 2.92. The van der Waals surface area contributed by atoms with Crippen LogP contribution in [0.3, 0.4) is 0 Å². The molecule has 0 radical (unpaired) electrons. The van der Waals surface area contributed by atoms with Crippen LogP contribution in [0.4, 0.5) is 11.4 Å². The second-order valence-corrected chi connectivity index (χ2v) is 5.42. The number of nitrogens with zero attached hydrogens (tertiary/aromatic N) is 1. The molecule has 7 heteroatoms. The van der Waals surface area contributed by atoms with Gasteiger partial charge in [0.15, 0.2) is 12.4 Å². The first-order valence-corrected chi connectivity index (χ1v) is 7.53. The molecule has 1 aliphatic rings. The predicted molar refractivity (Wildman–Crippen MR) is 91.1 cm³/mol. The van der Waals surface area contributed by atoms with E-state index in [1.807, 2.05) is 0 Å². The van der Waals surface area contributed by atoms with Gasteiger partial charge in [0.2, 0.25) is 0 Å². The number of anilines is 2. The summed E-state index contributed by atoms with van der Waals surface area (Å²) < 4.78 is 10.1. The van der Waals surface area contributed by atoms with Gasteiger partial charge in [-0.25, -0.2) is 4.79 Å². The molecule has 2 amide bonds. The fourth-order valence-electron chi connectivity index (χ4n) is 2.52. The molecule has 0 aromatic heterocycles. The molecule has 0 spiro atoms. The Morgan fingerprint density at radius 3 is 2.72 bits per heavy atom. The number of methoxy groups -OCH3 is 1. The van der Waals surface area contributed by atoms with Crippen molar-refractivity contribution in [2.75, 3.05) is 31.0 Å². The quantitative estimate of drug-likeness (QED) is 0.865. The van der Waals surface area contributed by atoms with Gasteiger partial charge in [0.05, 0.1) is 23.9 Å². The number of carbonyl (C=O) groups excluding carboxylic acids is 3. The molecule has 0 saturated carbocycles. The van der Waals surface area contributed by atoms with Gasteiger partial charge in [0.25, 0.3) is 11.8 Å². The van der Waals surface area contributed by atoms with Gasteiger partial charge in [-0.1, -0.05) is 12.1 Å². The van der Waals surface area contributed by atoms with Gasteiger partial charge in [-0.15, -0.1) is 0 Å². The molecule has 0 bridgehead atoms. The number of benzene rings is 2. The van der Waals surface area contributed by atoms with Crippen molar-refractivity contribution in [2.24, 2.45) is 0 Å². The summed E-state index contributed by atoms with van der Waals surface area (Å²) in [6.07, 6.45) is 0. The smallest absolute Gasteiger partial charge is 0.337 e. The van der Waals surface area contributed by atoms with E-state index in [2.05, 4.69) is 10.1 Å². The maximum absolute atomic E-state index is 12.6. The van der Waals surface area contributed by atoms with Gasteiger partial charge in [0.1, 0.15) is 0 Å². The average Bonchev–Trinajstić information content (AvgIpc) is 2.64. The van der Waals surface area contributed by atoms with Gasteiger partial charge >= 0.3 is 5.97 Å². The van der Waals surface area contributed by atoms with Crippen LogP contribution in [0.1, 0.15) is 20.7 Å². The largest absolute Gasteiger partial charge is 0.481 e. The van der Waals surface area contributed by atoms with Crippen molar-refractivity contribution in [2.45, 2.75) is 0 Å². The Morgan fingerprint density at radius 2 is 1.96 bits per heavy atom. The van der Waals surface area contributed by atoms with E-state index in [-0.39, 0.29) is 12.5 Å². The van der Waals surface area contributed by atoms with Crippen LogP contribution in [0, 0.1) is 0 Å². The molecule has 0 atom stereocenters. The lowest BCUT2D eigenvalue weighted by Gasteiger charge is -2.27. The zero-order valence-electron chi connectivity index (χ0n) is 13.7. The monoisotopic (exact) mass is 340 g/mol. The van der Waals surface area contributed by atoms with E-state index in [0.29, 0.717) is 28.3 Å². The highest BCUT2D eigenvalue weighted by Gasteiger charge is 2.26. The minimum absolute atomic E-state index is 0.119. The van der Waals surface area contributed by atoms with E-state index in [9.17, 15) is 14.4 Å². The first-order chi connectivity index (χ1) is 12.0. The molecular formula is C18H16N2O5. The van der Waals surface area contributed by atoms with Crippen LogP contribution in [0.25, 0.3) is 0 Å². The van der Waals surface area contributed by atoms with Crippen LogP contribution in [0.2, 0.25) is 0 Å². The topological polar surface area (TPSA) is 84.9 Å². The summed E-state index contributed by atoms with van der Waals surface area (Å²) in [6, 6.07) is 11.4. The van der Waals surface area contributed by atoms with E-state index in [1.165, 1.54) is 18.1 Å². The molecule has 2 aromatic carbocycles. The Balaban J connectivity index is 1.88. The van der Waals surface area contributed by atoms with E-state index >= 15 is 0 Å². The summed E-state index contributed by atoms with van der Waals surface area (Å²) in [5, 5.41) is 2.72. The number of likely N-dealkylation sites (N-methyl/N-ethyl adjacent to an activating group) is 1. The second-order valence-electron chi connectivity index (χ2n) is 5.42. The maximum Gasteiger partial charge on any atom is 0.337 e. The SMILES string of the molecule is COC(=O)c1cccc(NC(=O)c2cccc3c2OCC(=O)N3C)c1. The number of hydrogen-bond acceptors (Lipinski definition) is 5. The highest BCUT2D eigenvalue weighted by Crippen LogP contribution is 2.34. The zero-order chi connectivity index (χ0) is 18.0. The number of amides is 2. The fourth-order valence-corrected chi connectivity index (χ4v) is 2.52. The van der Waals surface area contributed by atoms with Crippen molar-refractivity contribution in [1.82, 2.24) is 0 Å². The molecule has 128 valence electrons. The molecule has 0 aliphatic carbocycles. The highest BCUT2D eigenvalue weighted by molar-refractivity contribution is 6.09. The van der Waals surface area contributed by atoms with Gasteiger partial charge in [-0.3, -0.25) is 9.59 Å². The summed E-state index contributed by atoms with van der Waals surface area (Å²) in [5.74, 6) is -0.722. The van der Waals surface area contributed by atoms with E-state index in [4.69, 9.17) is 4.74 Å². The van der Waals surface area contributed by atoms with Crippen LogP contribution in [-0.4, -0.2) is 38.5 Å². The molecule has 0 fully saturated rings. The summed E-state index contributed by atoms with van der Waals surface area (Å²) >= 11 is 0. The molecule has 1 heterocycles. The summed E-state index contributed by atoms with van der Waals surface area (Å²) in [4.78, 5) is 37.4. The third kappa shape index (κ3) is 3.16. The summed E-state index contributed by atoms with van der Waals surface area (Å²) in [6.45, 7) is -0.119. The van der Waals surface area contributed by atoms with Crippen molar-refractivity contribution < 1.29 is 23.9 Å². The molecule has 7 nitrogen and oxygen atoms in total. The van der Waals surface area contributed by atoms with Gasteiger partial charge in [-0.2, -0.15) is 0 Å². The normalized spacial score (nSPS) is 12.9. The molecule has 2 aromatic rings. The van der Waals surface area contributed by atoms with Crippen LogP contribution in [0.5, 0.6) is 5.75 Å². The Kier molecular flexibility index (Phi) is 4.38. The standard InChI is InChI=1S/C18H16N2O5/c1-20-14-8-4-7-13(16(14)25-10-15(20)21)17(22)19-12-6-3-5-11(9-12)18(23)24-2/h3-9H,10H2,1-2H3,(H,19,22). The average molecular weight is 340 g/mol. The van der Waals surface area contributed by atoms with Crippen LogP contribution in [0.15, 0.2) is 42.5 Å². The van der Waals surface area contributed by atoms with Crippen molar-refractivity contribution in [3.05, 3.63) is 53.6 Å². The van der Waals surface area contributed by atoms with Crippen molar-refractivity contribution in [1.29, 1.82) is 0 Å². The van der Waals surface area contributed by atoms with Crippen molar-refractivity contribution in [3.63, 3.8) is 0 Å². The highest BCUT2D eigenvalue weighted by atomic mass is 16.5. The third-order valence-electron chi connectivity index (χ3n) is 3.86. The minimum Gasteiger partial charge on any atom is -0.481 e. The second kappa shape index (κ2) is 6.64. The lowest BCUT2D eigenvalue weighted by Crippen LogP contribution is -2.36. The Hall–Kier alpha value is -3.35. The number of nitrogens with one attached hydrogen (secondary N) is 1. The van der Waals surface area contributed by atoms with Gasteiger partial charge in [-0.05, 0) is 30.3 Å². The maximum atomic E-state index is 12.6. The van der Waals surface area contributed by atoms with Gasteiger partial charge < -0.3 is 19.7 Å². The molecule has 1 N–H and O–H groups in total. The Morgan fingerprint density at radius 1 is 1.20 bits per heavy atom. The van der Waals surface area contributed by atoms with Crippen LogP contribution < -0.4 is 15.0 Å². The summed E-state index contributed by atoms with van der Waals surface area (Å²) in [5.41, 5.74) is 1.62. The number of hydrogen-bond donors (Lipinski definition) is 1. The number of ether oxygens (including phenoxy) is 2. The van der Waals surface area contributed by atoms with Gasteiger partial charge in [0, 0.05) is 12.7 Å². The molecular weight excluding hydrogens is 324 g/mol. The molecule has 25 heavy (non-hydrogen) atoms. The molecule has 0 saturated heterocycles. The number of para-hydroxylation sites is 1. The first kappa shape index (κ1) is 16.5. The zero-order valence-corrected chi connectivity index (χ0v) is 13.7. The molecule has 0 unspecified atom stereocenters. The molecule has 3 rings (SSSR count). The first-order valence-electron chi connectivity index (χ1n) is 7.53. The van der Waals surface area contributed by atoms with E-state index in [1.54, 1.807) is 43.4 Å². The van der Waals surface area contributed by atoms with Crippen LogP contribution >= 0.6 is 0 Å². The minimum atomic E-state index is -0.489. The lowest BCUT2D eigenvalue weighted by atomic mass is 10.1. The number of rotatable bonds is 3. The number of esters is 1. The van der Waals surface area contributed by atoms with Crippen molar-refractivity contribution in [3.8, 4) is 5.75 Å². The Bertz CT molecular complexity index is 862.